The minimum absolute atomic E-state index is 0.117. The minimum atomic E-state index is -0.338. The highest BCUT2D eigenvalue weighted by Gasteiger charge is 2.27. The van der Waals surface area contributed by atoms with E-state index in [1.807, 2.05) is 28.8 Å². The summed E-state index contributed by atoms with van der Waals surface area (Å²) in [5.74, 6) is 0.633. The number of aromatic nitrogens is 3. The number of nitrogens with zero attached hydrogens (tertiary/aromatic N) is 5. The lowest BCUT2D eigenvalue weighted by atomic mass is 10.3. The lowest BCUT2D eigenvalue weighted by molar-refractivity contribution is -0.124. The number of carbonyl (C=O) groups excluding carboxylic acids is 2. The van der Waals surface area contributed by atoms with Gasteiger partial charge in [-0.05, 0) is 31.0 Å². The first-order chi connectivity index (χ1) is 13.1. The van der Waals surface area contributed by atoms with Crippen LogP contribution in [-0.2, 0) is 4.79 Å². The molecule has 2 aromatic rings. The standard InChI is InChI=1S/C17H19ClN6O2S/c18-12-4-3-5-13(10-12)24-15(22-7-1-2-8-22)20-21-17(24)27-11-14(25)23-9-6-19-16(23)26/h3-5,10H,1-2,6-9,11H2,(H,19,26). The normalized spacial score (nSPS) is 16.9. The highest BCUT2D eigenvalue weighted by molar-refractivity contribution is 7.99. The first-order valence-electron chi connectivity index (χ1n) is 8.81. The Morgan fingerprint density at radius 2 is 2.04 bits per heavy atom. The average Bonchev–Trinajstić information content (AvgIpc) is 3.39. The molecule has 0 saturated carbocycles. The summed E-state index contributed by atoms with van der Waals surface area (Å²) in [6.07, 6.45) is 2.24. The fourth-order valence-electron chi connectivity index (χ4n) is 3.23. The van der Waals surface area contributed by atoms with Crippen LogP contribution in [0.1, 0.15) is 12.8 Å². The molecule has 2 aliphatic heterocycles. The number of halogens is 1. The van der Waals surface area contributed by atoms with Crippen molar-refractivity contribution in [3.05, 3.63) is 29.3 Å². The summed E-state index contributed by atoms with van der Waals surface area (Å²) in [5, 5.41) is 12.5. The SMILES string of the molecule is O=C(CSc1nnc(N2CCCC2)n1-c1cccc(Cl)c1)N1CCNC1=O. The number of nitrogens with one attached hydrogen (secondary N) is 1. The number of urea groups is 1. The van der Waals surface area contributed by atoms with Crippen LogP contribution in [0, 0.1) is 0 Å². The quantitative estimate of drug-likeness (QED) is 0.766. The zero-order chi connectivity index (χ0) is 18.8. The van der Waals surface area contributed by atoms with Gasteiger partial charge in [0.25, 0.3) is 0 Å². The molecule has 142 valence electrons. The topological polar surface area (TPSA) is 83.4 Å². The Labute approximate surface area is 165 Å². The summed E-state index contributed by atoms with van der Waals surface area (Å²) in [6, 6.07) is 7.14. The van der Waals surface area contributed by atoms with E-state index >= 15 is 0 Å². The lowest BCUT2D eigenvalue weighted by Gasteiger charge is -2.18. The van der Waals surface area contributed by atoms with E-state index in [-0.39, 0.29) is 17.7 Å². The summed E-state index contributed by atoms with van der Waals surface area (Å²) >= 11 is 7.45. The van der Waals surface area contributed by atoms with Crippen LogP contribution in [0.2, 0.25) is 5.02 Å². The number of imide groups is 1. The van der Waals surface area contributed by atoms with Gasteiger partial charge in [0.2, 0.25) is 11.9 Å². The van der Waals surface area contributed by atoms with Gasteiger partial charge in [0.1, 0.15) is 0 Å². The molecular formula is C17H19ClN6O2S. The van der Waals surface area contributed by atoms with Crippen molar-refractivity contribution in [1.82, 2.24) is 25.0 Å². The maximum absolute atomic E-state index is 12.3. The maximum Gasteiger partial charge on any atom is 0.324 e. The molecule has 0 radical (unpaired) electrons. The van der Waals surface area contributed by atoms with Crippen LogP contribution < -0.4 is 10.2 Å². The van der Waals surface area contributed by atoms with Crippen molar-refractivity contribution in [2.45, 2.75) is 18.0 Å². The first kappa shape index (κ1) is 18.1. The third-order valence-electron chi connectivity index (χ3n) is 4.55. The molecule has 27 heavy (non-hydrogen) atoms. The number of rotatable bonds is 5. The molecule has 2 fully saturated rings. The first-order valence-corrected chi connectivity index (χ1v) is 10.2. The third-order valence-corrected chi connectivity index (χ3v) is 5.70. The van der Waals surface area contributed by atoms with Crippen LogP contribution in [0.25, 0.3) is 5.69 Å². The number of amides is 3. The van der Waals surface area contributed by atoms with Gasteiger partial charge in [-0.25, -0.2) is 4.79 Å². The average molecular weight is 407 g/mol. The van der Waals surface area contributed by atoms with Crippen molar-refractivity contribution in [3.8, 4) is 5.69 Å². The number of anilines is 1. The van der Waals surface area contributed by atoms with Gasteiger partial charge in [0.15, 0.2) is 5.16 Å². The number of carbonyl (C=O) groups is 2. The zero-order valence-electron chi connectivity index (χ0n) is 14.6. The van der Waals surface area contributed by atoms with E-state index in [4.69, 9.17) is 11.6 Å². The predicted octanol–water partition coefficient (Wildman–Crippen LogP) is 2.16. The third kappa shape index (κ3) is 3.74. The molecule has 0 bridgehead atoms. The van der Waals surface area contributed by atoms with Gasteiger partial charge in [-0.3, -0.25) is 14.3 Å². The summed E-state index contributed by atoms with van der Waals surface area (Å²) < 4.78 is 1.93. The number of thioether (sulfide) groups is 1. The van der Waals surface area contributed by atoms with Gasteiger partial charge in [0.05, 0.1) is 11.4 Å². The largest absolute Gasteiger partial charge is 0.341 e. The predicted molar refractivity (Wildman–Crippen MR) is 104 cm³/mol. The van der Waals surface area contributed by atoms with E-state index in [0.29, 0.717) is 23.3 Å². The fourth-order valence-corrected chi connectivity index (χ4v) is 4.24. The number of hydrogen-bond acceptors (Lipinski definition) is 6. The smallest absolute Gasteiger partial charge is 0.324 e. The van der Waals surface area contributed by atoms with Gasteiger partial charge in [-0.15, -0.1) is 10.2 Å². The Balaban J connectivity index is 1.60. The van der Waals surface area contributed by atoms with E-state index in [9.17, 15) is 9.59 Å². The number of hydrogen-bond donors (Lipinski definition) is 1. The Kier molecular flexibility index (Phi) is 5.22. The molecule has 0 spiro atoms. The van der Waals surface area contributed by atoms with Crippen LogP contribution in [0.15, 0.2) is 29.4 Å². The van der Waals surface area contributed by atoms with Crippen molar-refractivity contribution in [1.29, 1.82) is 0 Å². The second kappa shape index (κ2) is 7.77. The van der Waals surface area contributed by atoms with Crippen molar-refractivity contribution in [2.24, 2.45) is 0 Å². The fraction of sp³-hybridized carbons (Fsp3) is 0.412. The molecular weight excluding hydrogens is 388 g/mol. The Morgan fingerprint density at radius 1 is 1.22 bits per heavy atom. The molecule has 1 aromatic carbocycles. The molecule has 8 nitrogen and oxygen atoms in total. The van der Waals surface area contributed by atoms with Crippen LogP contribution in [0.5, 0.6) is 0 Å². The van der Waals surface area contributed by atoms with E-state index < -0.39 is 0 Å². The minimum Gasteiger partial charge on any atom is -0.341 e. The number of benzene rings is 1. The van der Waals surface area contributed by atoms with Gasteiger partial charge < -0.3 is 10.2 Å². The van der Waals surface area contributed by atoms with Crippen LogP contribution in [0.4, 0.5) is 10.7 Å². The molecule has 4 rings (SSSR count). The van der Waals surface area contributed by atoms with Crippen LogP contribution in [-0.4, -0.2) is 63.5 Å². The lowest BCUT2D eigenvalue weighted by Crippen LogP contribution is -2.35. The molecule has 0 unspecified atom stereocenters. The molecule has 10 heteroatoms. The van der Waals surface area contributed by atoms with E-state index in [2.05, 4.69) is 20.4 Å². The highest BCUT2D eigenvalue weighted by atomic mass is 35.5. The maximum atomic E-state index is 12.3. The molecule has 1 aromatic heterocycles. The Hall–Kier alpha value is -2.26. The summed E-state index contributed by atoms with van der Waals surface area (Å²) in [4.78, 5) is 27.4. The van der Waals surface area contributed by atoms with Crippen molar-refractivity contribution < 1.29 is 9.59 Å². The van der Waals surface area contributed by atoms with Gasteiger partial charge in [0, 0.05) is 31.2 Å². The van der Waals surface area contributed by atoms with Gasteiger partial charge in [-0.1, -0.05) is 29.4 Å². The monoisotopic (exact) mass is 406 g/mol. The Morgan fingerprint density at radius 3 is 2.74 bits per heavy atom. The van der Waals surface area contributed by atoms with Gasteiger partial charge in [-0.2, -0.15) is 0 Å². The van der Waals surface area contributed by atoms with Crippen molar-refractivity contribution in [3.63, 3.8) is 0 Å². The molecule has 0 aliphatic carbocycles. The van der Waals surface area contributed by atoms with E-state index in [0.717, 1.165) is 37.6 Å². The zero-order valence-corrected chi connectivity index (χ0v) is 16.2. The van der Waals surface area contributed by atoms with Crippen molar-refractivity contribution >= 4 is 41.2 Å². The second-order valence-corrected chi connectivity index (χ2v) is 7.74. The Bertz CT molecular complexity index is 867. The molecule has 2 saturated heterocycles. The summed E-state index contributed by atoms with van der Waals surface area (Å²) in [7, 11) is 0. The molecule has 3 heterocycles. The van der Waals surface area contributed by atoms with E-state index in [1.54, 1.807) is 0 Å². The molecule has 3 amide bonds. The molecule has 1 N–H and O–H groups in total. The summed E-state index contributed by atoms with van der Waals surface area (Å²) in [5.41, 5.74) is 0.850. The molecule has 2 aliphatic rings. The van der Waals surface area contributed by atoms with E-state index in [1.165, 1.54) is 16.7 Å². The summed E-state index contributed by atoms with van der Waals surface area (Å²) in [6.45, 7) is 2.75. The second-order valence-electron chi connectivity index (χ2n) is 6.36. The highest BCUT2D eigenvalue weighted by Crippen LogP contribution is 2.29. The van der Waals surface area contributed by atoms with Crippen LogP contribution >= 0.6 is 23.4 Å². The molecule has 0 atom stereocenters. The van der Waals surface area contributed by atoms with Crippen LogP contribution in [0.3, 0.4) is 0 Å². The van der Waals surface area contributed by atoms with Gasteiger partial charge >= 0.3 is 6.03 Å². The van der Waals surface area contributed by atoms with Crippen molar-refractivity contribution in [2.75, 3.05) is 36.8 Å².